The first-order valence-electron chi connectivity index (χ1n) is 5.74. The van der Waals surface area contributed by atoms with Gasteiger partial charge in [-0.3, -0.25) is 10.2 Å². The van der Waals surface area contributed by atoms with Gasteiger partial charge in [-0.25, -0.2) is 9.79 Å². The summed E-state index contributed by atoms with van der Waals surface area (Å²) in [5.74, 6) is -2.29. The Kier molecular flexibility index (Phi) is 10.3. The number of carbonyl (C=O) groups is 2. The number of nitrogens with zero attached hydrogens (tertiary/aromatic N) is 1. The van der Waals surface area contributed by atoms with Crippen LogP contribution in [0.5, 0.6) is 0 Å². The Bertz CT molecular complexity index is 351. The first-order chi connectivity index (χ1) is 9.09. The van der Waals surface area contributed by atoms with E-state index in [4.69, 9.17) is 32.8 Å². The van der Waals surface area contributed by atoms with Gasteiger partial charge < -0.3 is 32.7 Å². The SMILES string of the molecule is CC(CC(=O)O)NC(=N)N.CCC(N=C(N)N)C(=O)O. The first kappa shape index (κ1) is 19.8. The van der Waals surface area contributed by atoms with E-state index >= 15 is 0 Å². The van der Waals surface area contributed by atoms with Crippen LogP contribution in [0.3, 0.4) is 0 Å². The number of guanidine groups is 2. The van der Waals surface area contributed by atoms with Crippen LogP contribution in [0.15, 0.2) is 4.99 Å². The Morgan fingerprint density at radius 1 is 1.30 bits per heavy atom. The third kappa shape index (κ3) is 13.5. The molecule has 0 aromatic heterocycles. The highest BCUT2D eigenvalue weighted by Gasteiger charge is 2.12. The molecule has 0 aromatic carbocycles. The zero-order valence-corrected chi connectivity index (χ0v) is 11.5. The van der Waals surface area contributed by atoms with E-state index in [9.17, 15) is 9.59 Å². The van der Waals surface area contributed by atoms with Gasteiger partial charge in [0.05, 0.1) is 6.42 Å². The van der Waals surface area contributed by atoms with E-state index in [1.807, 2.05) is 0 Å². The summed E-state index contributed by atoms with van der Waals surface area (Å²) in [6, 6.07) is -1.08. The van der Waals surface area contributed by atoms with Crippen LogP contribution in [0.4, 0.5) is 0 Å². The Morgan fingerprint density at radius 2 is 1.80 bits per heavy atom. The summed E-state index contributed by atoms with van der Waals surface area (Å²) < 4.78 is 0. The van der Waals surface area contributed by atoms with Crippen LogP contribution in [0, 0.1) is 5.41 Å². The van der Waals surface area contributed by atoms with Crippen molar-refractivity contribution in [2.45, 2.75) is 38.8 Å². The molecule has 10 nitrogen and oxygen atoms in total. The predicted molar refractivity (Wildman–Crippen MR) is 74.3 cm³/mol. The summed E-state index contributed by atoms with van der Waals surface area (Å²) in [6.45, 7) is 3.35. The molecule has 0 amide bonds. The lowest BCUT2D eigenvalue weighted by molar-refractivity contribution is -0.139. The molecule has 0 bridgehead atoms. The van der Waals surface area contributed by atoms with Gasteiger partial charge in [0.15, 0.2) is 18.0 Å². The van der Waals surface area contributed by atoms with Crippen LogP contribution < -0.4 is 22.5 Å². The van der Waals surface area contributed by atoms with Crippen LogP contribution in [0.25, 0.3) is 0 Å². The van der Waals surface area contributed by atoms with Gasteiger partial charge in [-0.05, 0) is 13.3 Å². The third-order valence-electron chi connectivity index (χ3n) is 1.86. The zero-order chi connectivity index (χ0) is 16.3. The molecule has 2 atom stereocenters. The lowest BCUT2D eigenvalue weighted by Crippen LogP contribution is -2.38. The number of carboxylic acid groups (broad SMARTS) is 2. The Labute approximate surface area is 116 Å². The van der Waals surface area contributed by atoms with Crippen molar-refractivity contribution >= 4 is 23.9 Å². The molecule has 0 aromatic rings. The molecular weight excluding hydrogens is 268 g/mol. The fraction of sp³-hybridized carbons (Fsp3) is 0.600. The summed E-state index contributed by atoms with van der Waals surface area (Å²) in [5, 5.41) is 25.8. The molecule has 0 spiro atoms. The molecule has 0 fully saturated rings. The number of hydrogen-bond donors (Lipinski definition) is 7. The second-order valence-electron chi connectivity index (χ2n) is 3.87. The molecule has 0 saturated heterocycles. The maximum atomic E-state index is 10.2. The molecule has 0 rings (SSSR count). The van der Waals surface area contributed by atoms with Crippen molar-refractivity contribution < 1.29 is 19.8 Å². The highest BCUT2D eigenvalue weighted by atomic mass is 16.4. The monoisotopic (exact) mass is 290 g/mol. The summed E-state index contributed by atoms with van der Waals surface area (Å²) in [7, 11) is 0. The molecule has 0 radical (unpaired) electrons. The third-order valence-corrected chi connectivity index (χ3v) is 1.86. The highest BCUT2D eigenvalue weighted by Crippen LogP contribution is 1.95. The average molecular weight is 290 g/mol. The summed E-state index contributed by atoms with van der Waals surface area (Å²) in [4.78, 5) is 23.8. The first-order valence-corrected chi connectivity index (χ1v) is 5.74. The van der Waals surface area contributed by atoms with Crippen molar-refractivity contribution in [3.8, 4) is 0 Å². The lowest BCUT2D eigenvalue weighted by atomic mass is 10.2. The molecule has 0 aliphatic heterocycles. The molecule has 20 heavy (non-hydrogen) atoms. The van der Waals surface area contributed by atoms with E-state index in [0.29, 0.717) is 6.42 Å². The zero-order valence-electron chi connectivity index (χ0n) is 11.5. The topological polar surface area (TPSA) is 201 Å². The van der Waals surface area contributed by atoms with Gasteiger partial charge in [0.25, 0.3) is 0 Å². The Morgan fingerprint density at radius 3 is 2.00 bits per heavy atom. The number of carboxylic acids is 2. The van der Waals surface area contributed by atoms with E-state index < -0.39 is 18.0 Å². The quantitative estimate of drug-likeness (QED) is 0.225. The van der Waals surface area contributed by atoms with Crippen LogP contribution in [0.1, 0.15) is 26.7 Å². The van der Waals surface area contributed by atoms with E-state index in [0.717, 1.165) is 0 Å². The second kappa shape index (κ2) is 10.4. The standard InChI is InChI=1S/2C5H11N3O2/c1-3(2-4(9)10)8-5(6)7;1-2-3(4(9)10)8-5(6)7/h2*3H,2H2,1H3,(H,9,10)(H4,6,7,8). The van der Waals surface area contributed by atoms with Crippen molar-refractivity contribution in [1.82, 2.24) is 5.32 Å². The van der Waals surface area contributed by atoms with E-state index in [1.54, 1.807) is 13.8 Å². The number of aliphatic carboxylic acids is 2. The maximum absolute atomic E-state index is 10.2. The maximum Gasteiger partial charge on any atom is 0.328 e. The minimum Gasteiger partial charge on any atom is -0.481 e. The number of hydrogen-bond acceptors (Lipinski definition) is 4. The van der Waals surface area contributed by atoms with Gasteiger partial charge in [-0.15, -0.1) is 0 Å². The van der Waals surface area contributed by atoms with Crippen LogP contribution in [-0.2, 0) is 9.59 Å². The average Bonchev–Trinajstić information content (AvgIpc) is 2.23. The van der Waals surface area contributed by atoms with Gasteiger partial charge in [-0.1, -0.05) is 6.92 Å². The molecule has 10 N–H and O–H groups in total. The molecule has 0 heterocycles. The fourth-order valence-electron chi connectivity index (χ4n) is 1.08. The van der Waals surface area contributed by atoms with Crippen LogP contribution in [-0.4, -0.2) is 46.2 Å². The van der Waals surface area contributed by atoms with E-state index in [-0.39, 0.29) is 24.4 Å². The van der Waals surface area contributed by atoms with E-state index in [2.05, 4.69) is 10.3 Å². The molecule has 2 unspecified atom stereocenters. The normalized spacial score (nSPS) is 12.1. The van der Waals surface area contributed by atoms with E-state index in [1.165, 1.54) is 0 Å². The van der Waals surface area contributed by atoms with Crippen molar-refractivity contribution in [3.05, 3.63) is 0 Å². The molecule has 0 aliphatic rings. The van der Waals surface area contributed by atoms with Crippen molar-refractivity contribution in [2.24, 2.45) is 22.2 Å². The predicted octanol–water partition coefficient (Wildman–Crippen LogP) is -1.54. The minimum absolute atomic E-state index is 0.0282. The highest BCUT2D eigenvalue weighted by molar-refractivity contribution is 5.81. The lowest BCUT2D eigenvalue weighted by Gasteiger charge is -2.09. The number of aliphatic imine (C=N–C) groups is 1. The summed E-state index contributed by atoms with van der Waals surface area (Å²) in [6.07, 6.45) is 0.368. The summed E-state index contributed by atoms with van der Waals surface area (Å²) >= 11 is 0. The Hall–Kier alpha value is -2.52. The van der Waals surface area contributed by atoms with Gasteiger partial charge >= 0.3 is 11.9 Å². The largest absolute Gasteiger partial charge is 0.481 e. The number of rotatable bonds is 6. The summed E-state index contributed by atoms with van der Waals surface area (Å²) in [5.41, 5.74) is 14.9. The fourth-order valence-corrected chi connectivity index (χ4v) is 1.08. The molecule has 0 aliphatic carbocycles. The molecular formula is C10H22N6O4. The molecule has 116 valence electrons. The number of nitrogens with one attached hydrogen (secondary N) is 2. The van der Waals surface area contributed by atoms with Crippen molar-refractivity contribution in [2.75, 3.05) is 0 Å². The van der Waals surface area contributed by atoms with Crippen molar-refractivity contribution in [3.63, 3.8) is 0 Å². The van der Waals surface area contributed by atoms with Crippen LogP contribution in [0.2, 0.25) is 0 Å². The van der Waals surface area contributed by atoms with Gasteiger partial charge in [0, 0.05) is 6.04 Å². The Balaban J connectivity index is 0. The smallest absolute Gasteiger partial charge is 0.328 e. The minimum atomic E-state index is -1.00. The second-order valence-corrected chi connectivity index (χ2v) is 3.87. The van der Waals surface area contributed by atoms with Gasteiger partial charge in [0.1, 0.15) is 0 Å². The van der Waals surface area contributed by atoms with Crippen molar-refractivity contribution in [1.29, 1.82) is 5.41 Å². The number of nitrogens with two attached hydrogens (primary N) is 3. The van der Waals surface area contributed by atoms with Gasteiger partial charge in [0.2, 0.25) is 0 Å². The molecule has 10 heteroatoms. The van der Waals surface area contributed by atoms with Crippen LogP contribution >= 0.6 is 0 Å². The molecule has 0 saturated carbocycles. The van der Waals surface area contributed by atoms with Gasteiger partial charge in [-0.2, -0.15) is 0 Å².